The quantitative estimate of drug-likeness (QED) is 0.778. The largest absolute Gasteiger partial charge is 0.390 e. The molecular weight excluding hydrogens is 256 g/mol. The first-order valence-corrected chi connectivity index (χ1v) is 5.90. The first-order chi connectivity index (χ1) is 8.54. The Morgan fingerprint density at radius 1 is 1.44 bits per heavy atom. The van der Waals surface area contributed by atoms with Crippen LogP contribution in [0.4, 0.5) is 5.69 Å². The molecule has 1 aliphatic heterocycles. The summed E-state index contributed by atoms with van der Waals surface area (Å²) in [5, 5.41) is 12.9. The number of aliphatic hydroxyl groups is 1. The predicted molar refractivity (Wildman–Crippen MR) is 68.1 cm³/mol. The van der Waals surface area contributed by atoms with Crippen LogP contribution >= 0.6 is 11.6 Å². The zero-order valence-electron chi connectivity index (χ0n) is 9.81. The lowest BCUT2D eigenvalue weighted by molar-refractivity contribution is -0.114. The number of hydrogen-bond acceptors (Lipinski definition) is 4. The van der Waals surface area contributed by atoms with Crippen LogP contribution in [0.25, 0.3) is 0 Å². The molecule has 0 bridgehead atoms. The summed E-state index contributed by atoms with van der Waals surface area (Å²) in [6, 6.07) is 4.71. The van der Waals surface area contributed by atoms with Gasteiger partial charge in [-0.25, -0.2) is 0 Å². The van der Waals surface area contributed by atoms with E-state index in [0.717, 1.165) is 0 Å². The van der Waals surface area contributed by atoms with Crippen molar-refractivity contribution in [3.05, 3.63) is 28.8 Å². The molecule has 0 spiro atoms. The van der Waals surface area contributed by atoms with Crippen LogP contribution in [-0.4, -0.2) is 43.0 Å². The van der Waals surface area contributed by atoms with E-state index in [9.17, 15) is 14.7 Å². The van der Waals surface area contributed by atoms with Crippen molar-refractivity contribution in [3.63, 3.8) is 0 Å². The van der Waals surface area contributed by atoms with Crippen LogP contribution in [-0.2, 0) is 4.79 Å². The second-order valence-electron chi connectivity index (χ2n) is 4.12. The molecule has 1 amide bonds. The number of halogens is 1. The van der Waals surface area contributed by atoms with E-state index in [1.807, 2.05) is 0 Å². The summed E-state index contributed by atoms with van der Waals surface area (Å²) >= 11 is 5.80. The molecule has 0 saturated heterocycles. The van der Waals surface area contributed by atoms with Crippen LogP contribution in [0, 0.1) is 0 Å². The monoisotopic (exact) mass is 268 g/mol. The summed E-state index contributed by atoms with van der Waals surface area (Å²) in [5.41, 5.74) is 0.800. The van der Waals surface area contributed by atoms with E-state index in [-0.39, 0.29) is 6.54 Å². The van der Waals surface area contributed by atoms with Crippen LogP contribution < -0.4 is 10.2 Å². The second-order valence-corrected chi connectivity index (χ2v) is 4.55. The maximum Gasteiger partial charge on any atom is 0.299 e. The Morgan fingerprint density at radius 3 is 2.83 bits per heavy atom. The lowest BCUT2D eigenvalue weighted by Crippen LogP contribution is -2.40. The van der Waals surface area contributed by atoms with Gasteiger partial charge in [-0.1, -0.05) is 11.6 Å². The summed E-state index contributed by atoms with van der Waals surface area (Å²) in [4.78, 5) is 24.9. The van der Waals surface area contributed by atoms with Gasteiger partial charge < -0.3 is 15.3 Å². The Hall–Kier alpha value is -1.43. The van der Waals surface area contributed by atoms with E-state index < -0.39 is 17.8 Å². The Kier molecular flexibility index (Phi) is 3.65. The van der Waals surface area contributed by atoms with Gasteiger partial charge >= 0.3 is 0 Å². The Bertz CT molecular complexity index is 504. The minimum absolute atomic E-state index is 0.0834. The molecule has 0 saturated carbocycles. The average Bonchev–Trinajstić information content (AvgIpc) is 2.55. The molecule has 0 radical (unpaired) electrons. The Balaban J connectivity index is 2.29. The predicted octanol–water partition coefficient (Wildman–Crippen LogP) is 0.450. The van der Waals surface area contributed by atoms with Crippen molar-refractivity contribution >= 4 is 29.0 Å². The molecule has 1 aromatic rings. The first-order valence-electron chi connectivity index (χ1n) is 5.53. The number of carbonyl (C=O) groups excluding carboxylic acids is 2. The molecule has 96 valence electrons. The lowest BCUT2D eigenvalue weighted by Gasteiger charge is -2.20. The SMILES string of the molecule is CNCC(O)CN1C(=O)C(=O)c2cc(Cl)ccc21. The molecule has 0 aromatic heterocycles. The Morgan fingerprint density at radius 2 is 2.17 bits per heavy atom. The number of carbonyl (C=O) groups is 2. The van der Waals surface area contributed by atoms with Crippen molar-refractivity contribution in [2.24, 2.45) is 0 Å². The highest BCUT2D eigenvalue weighted by Gasteiger charge is 2.36. The first kappa shape index (κ1) is 13.0. The number of Topliss-reactive ketones (excluding diaryl/α,β-unsaturated/α-hetero) is 1. The molecule has 6 heteroatoms. The number of ketones is 1. The fraction of sp³-hybridized carbons (Fsp3) is 0.333. The van der Waals surface area contributed by atoms with Gasteiger partial charge in [-0.15, -0.1) is 0 Å². The molecule has 2 N–H and O–H groups in total. The van der Waals surface area contributed by atoms with Gasteiger partial charge in [0.25, 0.3) is 11.7 Å². The second kappa shape index (κ2) is 5.06. The molecule has 1 unspecified atom stereocenters. The molecule has 0 fully saturated rings. The maximum absolute atomic E-state index is 11.8. The van der Waals surface area contributed by atoms with Gasteiger partial charge in [-0.2, -0.15) is 0 Å². The van der Waals surface area contributed by atoms with Crippen molar-refractivity contribution in [3.8, 4) is 0 Å². The standard InChI is InChI=1S/C12H13ClN2O3/c1-14-5-8(16)6-15-10-3-2-7(13)4-9(10)11(17)12(15)18/h2-4,8,14,16H,5-6H2,1H3. The topological polar surface area (TPSA) is 69.6 Å². The number of benzene rings is 1. The highest BCUT2D eigenvalue weighted by Crippen LogP contribution is 2.31. The van der Waals surface area contributed by atoms with Crippen LogP contribution in [0.15, 0.2) is 18.2 Å². The van der Waals surface area contributed by atoms with E-state index in [2.05, 4.69) is 5.32 Å². The number of likely N-dealkylation sites (N-methyl/N-ethyl adjacent to an activating group) is 1. The normalized spacial score (nSPS) is 16.1. The molecule has 1 atom stereocenters. The van der Waals surface area contributed by atoms with Crippen molar-refractivity contribution < 1.29 is 14.7 Å². The summed E-state index contributed by atoms with van der Waals surface area (Å²) in [6.07, 6.45) is -0.728. The van der Waals surface area contributed by atoms with Gasteiger partial charge in [0.15, 0.2) is 0 Å². The van der Waals surface area contributed by atoms with Gasteiger partial charge in [0.2, 0.25) is 0 Å². The number of nitrogens with zero attached hydrogens (tertiary/aromatic N) is 1. The molecular formula is C12H13ClN2O3. The van der Waals surface area contributed by atoms with Gasteiger partial charge in [-0.05, 0) is 25.2 Å². The zero-order valence-corrected chi connectivity index (χ0v) is 10.6. The number of β-amino-alcohol motifs (C(OH)–C–C–N with tert-alkyl or cyclic N) is 1. The van der Waals surface area contributed by atoms with Gasteiger partial charge in [0.05, 0.1) is 23.9 Å². The molecule has 2 rings (SSSR count). The molecule has 1 aromatic carbocycles. The fourth-order valence-corrected chi connectivity index (χ4v) is 2.14. The summed E-state index contributed by atoms with van der Waals surface area (Å²) in [5.74, 6) is -1.20. The summed E-state index contributed by atoms with van der Waals surface area (Å²) < 4.78 is 0. The van der Waals surface area contributed by atoms with Crippen LogP contribution in [0.1, 0.15) is 10.4 Å². The number of fused-ring (bicyclic) bond motifs is 1. The van der Waals surface area contributed by atoms with Gasteiger partial charge in [0, 0.05) is 11.6 Å². The number of aliphatic hydroxyl groups excluding tert-OH is 1. The number of rotatable bonds is 4. The third kappa shape index (κ3) is 2.25. The number of anilines is 1. The molecule has 0 aliphatic carbocycles. The average molecular weight is 269 g/mol. The smallest absolute Gasteiger partial charge is 0.299 e. The minimum Gasteiger partial charge on any atom is -0.390 e. The zero-order chi connectivity index (χ0) is 13.3. The maximum atomic E-state index is 11.8. The van der Waals surface area contributed by atoms with E-state index in [4.69, 9.17) is 11.6 Å². The summed E-state index contributed by atoms with van der Waals surface area (Å²) in [6.45, 7) is 0.431. The summed E-state index contributed by atoms with van der Waals surface area (Å²) in [7, 11) is 1.70. The van der Waals surface area contributed by atoms with Gasteiger partial charge in [0.1, 0.15) is 0 Å². The minimum atomic E-state index is -0.728. The lowest BCUT2D eigenvalue weighted by atomic mass is 10.1. The molecule has 1 aliphatic rings. The number of nitrogens with one attached hydrogen (secondary N) is 1. The molecule has 18 heavy (non-hydrogen) atoms. The van der Waals surface area contributed by atoms with Crippen molar-refractivity contribution in [2.45, 2.75) is 6.10 Å². The molecule has 5 nitrogen and oxygen atoms in total. The highest BCUT2D eigenvalue weighted by atomic mass is 35.5. The third-order valence-corrected chi connectivity index (χ3v) is 3.00. The third-order valence-electron chi connectivity index (χ3n) is 2.77. The van der Waals surface area contributed by atoms with Crippen molar-refractivity contribution in [2.75, 3.05) is 25.0 Å². The van der Waals surface area contributed by atoms with Crippen molar-refractivity contribution in [1.29, 1.82) is 0 Å². The van der Waals surface area contributed by atoms with E-state index in [0.29, 0.717) is 22.8 Å². The number of amides is 1. The Labute approximate surface area is 109 Å². The van der Waals surface area contributed by atoms with Crippen LogP contribution in [0.5, 0.6) is 0 Å². The number of hydrogen-bond donors (Lipinski definition) is 2. The highest BCUT2D eigenvalue weighted by molar-refractivity contribution is 6.52. The van der Waals surface area contributed by atoms with Crippen LogP contribution in [0.3, 0.4) is 0 Å². The fourth-order valence-electron chi connectivity index (χ4n) is 1.96. The molecule has 1 heterocycles. The van der Waals surface area contributed by atoms with Gasteiger partial charge in [-0.3, -0.25) is 9.59 Å². The van der Waals surface area contributed by atoms with E-state index >= 15 is 0 Å². The van der Waals surface area contributed by atoms with E-state index in [1.165, 1.54) is 11.0 Å². The van der Waals surface area contributed by atoms with E-state index in [1.54, 1.807) is 19.2 Å². The van der Waals surface area contributed by atoms with Crippen molar-refractivity contribution in [1.82, 2.24) is 5.32 Å². The van der Waals surface area contributed by atoms with Crippen LogP contribution in [0.2, 0.25) is 5.02 Å².